The Morgan fingerprint density at radius 2 is 0.868 bits per heavy atom. The minimum Gasteiger partial charge on any atom is -0.394 e. The molecule has 0 aliphatic carbocycles. The summed E-state index contributed by atoms with van der Waals surface area (Å²) >= 11 is 0. The summed E-state index contributed by atoms with van der Waals surface area (Å²) in [7, 11) is 0. The number of hydrogen-bond acceptors (Lipinski definition) is 8. The van der Waals surface area contributed by atoms with Crippen LogP contribution in [0.25, 0.3) is 0 Å². The fourth-order valence-electron chi connectivity index (χ4n) is 9.05. The number of ether oxygens (including phenoxy) is 2. The second-order valence-electron chi connectivity index (χ2n) is 20.1. The van der Waals surface area contributed by atoms with Crippen LogP contribution in [0.3, 0.4) is 0 Å². The first-order chi connectivity index (χ1) is 33.3. The number of unbranched alkanes of at least 4 members (excludes halogenated alkanes) is 33. The van der Waals surface area contributed by atoms with Crippen molar-refractivity contribution < 1.29 is 39.8 Å². The van der Waals surface area contributed by atoms with Crippen LogP contribution in [0, 0.1) is 0 Å². The van der Waals surface area contributed by atoms with Crippen molar-refractivity contribution in [2.75, 3.05) is 13.2 Å². The minimum absolute atomic E-state index is 0.180. The number of amides is 1. The Bertz CT molecular complexity index is 1210. The van der Waals surface area contributed by atoms with E-state index in [1.807, 2.05) is 6.08 Å². The number of nitrogens with one attached hydrogen (secondary N) is 1. The summed E-state index contributed by atoms with van der Waals surface area (Å²) in [6.07, 6.45) is 58.3. The van der Waals surface area contributed by atoms with Crippen LogP contribution in [-0.4, -0.2) is 87.5 Å². The van der Waals surface area contributed by atoms with E-state index in [1.165, 1.54) is 186 Å². The monoisotopic (exact) mass is 960 g/mol. The van der Waals surface area contributed by atoms with Gasteiger partial charge in [-0.15, -0.1) is 0 Å². The topological polar surface area (TPSA) is 149 Å². The molecular formula is C59H109NO8. The van der Waals surface area contributed by atoms with Crippen LogP contribution >= 0.6 is 0 Å². The Kier molecular flexibility index (Phi) is 46.0. The normalized spacial score (nSPS) is 19.9. The fraction of sp³-hybridized carbons (Fsp3) is 0.847. The number of aliphatic hydroxyl groups is 5. The number of allylic oxidation sites excluding steroid dienone is 7. The summed E-state index contributed by atoms with van der Waals surface area (Å²) in [4.78, 5) is 12.9. The Hall–Kier alpha value is -1.85. The molecule has 0 aromatic rings. The summed E-state index contributed by atoms with van der Waals surface area (Å²) in [5, 5.41) is 53.9. The van der Waals surface area contributed by atoms with E-state index < -0.39 is 49.5 Å². The lowest BCUT2D eigenvalue weighted by Crippen LogP contribution is -2.60. The van der Waals surface area contributed by atoms with E-state index >= 15 is 0 Å². The molecule has 1 amide bonds. The van der Waals surface area contributed by atoms with Gasteiger partial charge in [0, 0.05) is 6.42 Å². The molecule has 1 saturated heterocycles. The number of hydrogen-bond donors (Lipinski definition) is 6. The molecule has 7 unspecified atom stereocenters. The first kappa shape index (κ1) is 64.2. The zero-order valence-corrected chi connectivity index (χ0v) is 44.1. The molecule has 0 aromatic carbocycles. The van der Waals surface area contributed by atoms with E-state index in [9.17, 15) is 30.3 Å². The molecule has 1 heterocycles. The maximum Gasteiger partial charge on any atom is 0.220 e. The zero-order chi connectivity index (χ0) is 49.4. The second kappa shape index (κ2) is 48.8. The third-order valence-corrected chi connectivity index (χ3v) is 13.6. The molecule has 9 nitrogen and oxygen atoms in total. The first-order valence-corrected chi connectivity index (χ1v) is 28.9. The van der Waals surface area contributed by atoms with Crippen LogP contribution in [0.4, 0.5) is 0 Å². The summed E-state index contributed by atoms with van der Waals surface area (Å²) in [6.45, 7) is 3.69. The molecule has 0 aromatic heterocycles. The Labute approximate surface area is 418 Å². The van der Waals surface area contributed by atoms with Gasteiger partial charge in [0.05, 0.1) is 25.4 Å². The van der Waals surface area contributed by atoms with E-state index in [1.54, 1.807) is 6.08 Å². The van der Waals surface area contributed by atoms with Gasteiger partial charge in [0.25, 0.3) is 0 Å². The van der Waals surface area contributed by atoms with Crippen molar-refractivity contribution in [3.8, 4) is 0 Å². The SMILES string of the molecule is CCCCCC/C=C/C(O)C(COC1OC(CO)C(O)C(O)C1O)NC(=O)CCCCCCCCCCCCCCCCCCCCCCCCCC/C=C\C/C=C\C/C=C\CCCCCCC. The first-order valence-electron chi connectivity index (χ1n) is 28.9. The lowest BCUT2D eigenvalue weighted by molar-refractivity contribution is -0.302. The number of rotatable bonds is 49. The van der Waals surface area contributed by atoms with E-state index in [2.05, 4.69) is 55.6 Å². The van der Waals surface area contributed by atoms with Crippen LogP contribution in [0.5, 0.6) is 0 Å². The van der Waals surface area contributed by atoms with E-state index in [-0.39, 0.29) is 12.5 Å². The molecule has 1 fully saturated rings. The van der Waals surface area contributed by atoms with Crippen molar-refractivity contribution in [3.05, 3.63) is 48.6 Å². The smallest absolute Gasteiger partial charge is 0.220 e. The van der Waals surface area contributed by atoms with E-state index in [0.29, 0.717) is 6.42 Å². The van der Waals surface area contributed by atoms with Gasteiger partial charge >= 0.3 is 0 Å². The average Bonchev–Trinajstić information content (AvgIpc) is 3.34. The quantitative estimate of drug-likeness (QED) is 0.0261. The summed E-state index contributed by atoms with van der Waals surface area (Å²) in [5.41, 5.74) is 0. The summed E-state index contributed by atoms with van der Waals surface area (Å²) in [6, 6.07) is -0.800. The predicted octanol–water partition coefficient (Wildman–Crippen LogP) is 14.1. The largest absolute Gasteiger partial charge is 0.394 e. The van der Waals surface area contributed by atoms with Gasteiger partial charge < -0.3 is 40.3 Å². The van der Waals surface area contributed by atoms with Gasteiger partial charge in [0.15, 0.2) is 6.29 Å². The molecule has 9 heteroatoms. The Morgan fingerprint density at radius 3 is 1.29 bits per heavy atom. The minimum atomic E-state index is -1.56. The van der Waals surface area contributed by atoms with Gasteiger partial charge in [0.1, 0.15) is 24.4 Å². The van der Waals surface area contributed by atoms with Crippen molar-refractivity contribution in [1.82, 2.24) is 5.32 Å². The van der Waals surface area contributed by atoms with Crippen LogP contribution in [0.2, 0.25) is 0 Å². The molecular weight excluding hydrogens is 851 g/mol. The van der Waals surface area contributed by atoms with Gasteiger partial charge in [-0.25, -0.2) is 0 Å². The third kappa shape index (κ3) is 37.9. The number of carbonyl (C=O) groups excluding carboxylic acids is 1. The molecule has 1 rings (SSSR count). The molecule has 1 aliphatic heterocycles. The summed E-state index contributed by atoms with van der Waals surface area (Å²) in [5.74, 6) is -0.180. The van der Waals surface area contributed by atoms with Crippen molar-refractivity contribution in [3.63, 3.8) is 0 Å². The summed E-state index contributed by atoms with van der Waals surface area (Å²) < 4.78 is 11.2. The molecule has 1 aliphatic rings. The molecule has 0 radical (unpaired) electrons. The lowest BCUT2D eigenvalue weighted by atomic mass is 9.99. The molecule has 7 atom stereocenters. The lowest BCUT2D eigenvalue weighted by Gasteiger charge is -2.40. The van der Waals surface area contributed by atoms with E-state index in [4.69, 9.17) is 9.47 Å². The average molecular weight is 961 g/mol. The third-order valence-electron chi connectivity index (χ3n) is 13.6. The fourth-order valence-corrected chi connectivity index (χ4v) is 9.05. The molecule has 0 spiro atoms. The highest BCUT2D eigenvalue weighted by atomic mass is 16.7. The van der Waals surface area contributed by atoms with Crippen molar-refractivity contribution in [2.45, 2.75) is 307 Å². The Morgan fingerprint density at radius 1 is 0.500 bits per heavy atom. The highest BCUT2D eigenvalue weighted by Gasteiger charge is 2.44. The van der Waals surface area contributed by atoms with E-state index in [0.717, 1.165) is 57.8 Å². The van der Waals surface area contributed by atoms with Gasteiger partial charge in [-0.1, -0.05) is 249 Å². The maximum atomic E-state index is 12.9. The van der Waals surface area contributed by atoms with Crippen molar-refractivity contribution in [1.29, 1.82) is 0 Å². The van der Waals surface area contributed by atoms with Crippen molar-refractivity contribution in [2.24, 2.45) is 0 Å². The second-order valence-corrected chi connectivity index (χ2v) is 20.1. The van der Waals surface area contributed by atoms with Crippen LogP contribution < -0.4 is 5.32 Å². The van der Waals surface area contributed by atoms with Gasteiger partial charge in [0.2, 0.25) is 5.91 Å². The highest BCUT2D eigenvalue weighted by molar-refractivity contribution is 5.76. The highest BCUT2D eigenvalue weighted by Crippen LogP contribution is 2.23. The molecule has 6 N–H and O–H groups in total. The number of carbonyl (C=O) groups is 1. The maximum absolute atomic E-state index is 12.9. The predicted molar refractivity (Wildman–Crippen MR) is 286 cm³/mol. The van der Waals surface area contributed by atoms with Crippen molar-refractivity contribution >= 4 is 5.91 Å². The molecule has 398 valence electrons. The molecule has 68 heavy (non-hydrogen) atoms. The van der Waals surface area contributed by atoms with Crippen LogP contribution in [0.15, 0.2) is 48.6 Å². The van der Waals surface area contributed by atoms with Gasteiger partial charge in [-0.2, -0.15) is 0 Å². The zero-order valence-electron chi connectivity index (χ0n) is 44.1. The van der Waals surface area contributed by atoms with Crippen LogP contribution in [-0.2, 0) is 14.3 Å². The van der Waals surface area contributed by atoms with Crippen LogP contribution in [0.1, 0.15) is 264 Å². The molecule has 0 bridgehead atoms. The number of aliphatic hydroxyl groups excluding tert-OH is 5. The Balaban J connectivity index is 1.95. The standard InChI is InChI=1S/C59H109NO8/c1-3-5-7-9-11-12-13-14-15-16-17-18-19-20-21-22-23-24-25-26-27-28-29-30-31-32-33-34-35-36-37-38-39-40-41-42-43-45-47-49-55(63)60-52(53(62)48-46-44-10-8-6-4-2)51-67-59-58(66)57(65)56(64)54(50-61)68-59/h13-14,16-17,19-20,46,48,52-54,56-59,61-62,64-66H,3-12,15,18,21-45,47,49-51H2,1-2H3,(H,60,63)/b14-13-,17-16-,20-19-,48-46+. The van der Waals surface area contributed by atoms with Gasteiger partial charge in [-0.05, 0) is 57.8 Å². The van der Waals surface area contributed by atoms with Gasteiger partial charge in [-0.3, -0.25) is 4.79 Å². The molecule has 0 saturated carbocycles.